The molecule has 4 aromatic carbocycles. The Morgan fingerprint density at radius 1 is 0.549 bits per heavy atom. The topological polar surface area (TPSA) is 65.2 Å². The molecule has 2 N–H and O–H groups in total. The third-order valence-corrected chi connectivity index (χ3v) is 11.1. The maximum Gasteiger partial charge on any atom is 0.158 e. The number of nitrogens with zero attached hydrogens (tertiary/aromatic N) is 2. The van der Waals surface area contributed by atoms with Gasteiger partial charge in [-0.2, -0.15) is 0 Å². The summed E-state index contributed by atoms with van der Waals surface area (Å²) < 4.78 is 0. The molecule has 0 amide bonds. The van der Waals surface area contributed by atoms with Crippen molar-refractivity contribution in [2.75, 3.05) is 0 Å². The first-order chi connectivity index (χ1) is 24.4. The fourth-order valence-electron chi connectivity index (χ4n) is 6.76. The van der Waals surface area contributed by atoms with E-state index in [0.29, 0.717) is 0 Å². The minimum Gasteiger partial charge on any atom is -0.504 e. The van der Waals surface area contributed by atoms with Crippen LogP contribution in [0.3, 0.4) is 0 Å². The number of unbranched alkanes of at least 4 members (excludes halogenated alkanes) is 5. The number of rotatable bonds is 17. The number of aromatic hydroxyl groups is 2. The van der Waals surface area contributed by atoms with Crippen LogP contribution in [0.2, 0.25) is 19.6 Å². The minimum absolute atomic E-state index is 0.0456. The molecular weight excluding hydrogens is 641 g/mol. The first-order valence-electron chi connectivity index (χ1n) is 19.8. The lowest BCUT2D eigenvalue weighted by molar-refractivity contribution is 0.405. The average Bonchev–Trinajstić information content (AvgIpc) is 3.11. The molecule has 0 aliphatic rings. The molecule has 0 unspecified atom stereocenters. The molecule has 0 fully saturated rings. The van der Waals surface area contributed by atoms with Gasteiger partial charge >= 0.3 is 0 Å². The summed E-state index contributed by atoms with van der Waals surface area (Å²) in [7, 11) is -1.17. The van der Waals surface area contributed by atoms with Gasteiger partial charge in [-0.15, -0.1) is 0 Å². The minimum atomic E-state index is -1.17. The summed E-state index contributed by atoms with van der Waals surface area (Å²) in [6.45, 7) is 20.4. The molecule has 0 bridgehead atoms. The Balaban J connectivity index is 0.000000313. The molecule has 0 spiro atoms. The first kappa shape index (κ1) is 41.7. The summed E-state index contributed by atoms with van der Waals surface area (Å²) in [4.78, 5) is 9.87. The zero-order chi connectivity index (χ0) is 37.4. The van der Waals surface area contributed by atoms with Gasteiger partial charge < -0.3 is 10.2 Å². The predicted molar refractivity (Wildman–Crippen MR) is 227 cm³/mol. The molecule has 0 saturated heterocycles. The molecule has 0 heterocycles. The van der Waals surface area contributed by atoms with E-state index < -0.39 is 8.07 Å². The van der Waals surface area contributed by atoms with E-state index in [4.69, 9.17) is 9.98 Å². The van der Waals surface area contributed by atoms with Gasteiger partial charge in [0.15, 0.2) is 11.5 Å². The van der Waals surface area contributed by atoms with Crippen LogP contribution >= 0.6 is 0 Å². The van der Waals surface area contributed by atoms with Crippen molar-refractivity contribution in [3.05, 3.63) is 94.0 Å². The van der Waals surface area contributed by atoms with Crippen molar-refractivity contribution in [1.82, 2.24) is 0 Å². The lowest BCUT2D eigenvalue weighted by atomic mass is 9.99. The van der Waals surface area contributed by atoms with Crippen molar-refractivity contribution in [2.45, 2.75) is 144 Å². The normalized spacial score (nSPS) is 12.1. The van der Waals surface area contributed by atoms with Crippen molar-refractivity contribution >= 4 is 42.1 Å². The van der Waals surface area contributed by atoms with Crippen LogP contribution in [-0.4, -0.2) is 30.2 Å². The van der Waals surface area contributed by atoms with Gasteiger partial charge in [0.2, 0.25) is 0 Å². The molecule has 0 aliphatic carbocycles. The van der Waals surface area contributed by atoms with Gasteiger partial charge in [0, 0.05) is 14.3 Å². The maximum atomic E-state index is 9.63. The smallest absolute Gasteiger partial charge is 0.158 e. The molecule has 0 radical (unpaired) electrons. The summed E-state index contributed by atoms with van der Waals surface area (Å²) in [5.41, 5.74) is 11.6. The second-order valence-electron chi connectivity index (χ2n) is 15.1. The second-order valence-corrected chi connectivity index (χ2v) is 20.6. The van der Waals surface area contributed by atoms with Gasteiger partial charge in [0.1, 0.15) is 0 Å². The number of benzene rings is 4. The SMILES string of the molecule is CCCCCCCCC(C=Nc1ccc(CC)c(CC)c1)=Nc1ccc(CC)c(CC)c1.CCc1cc2cc(O)c(O)cc2cc1C[Si](C)(C)C. The van der Waals surface area contributed by atoms with Gasteiger partial charge in [0.25, 0.3) is 0 Å². The number of aryl methyl sites for hydroxylation is 5. The Kier molecular flexibility index (Phi) is 17.2. The van der Waals surface area contributed by atoms with E-state index >= 15 is 0 Å². The Labute approximate surface area is 311 Å². The van der Waals surface area contributed by atoms with E-state index in [2.05, 4.69) is 110 Å². The molecule has 4 rings (SSSR count). The molecule has 0 aromatic heterocycles. The van der Waals surface area contributed by atoms with Crippen molar-refractivity contribution in [3.63, 3.8) is 0 Å². The zero-order valence-corrected chi connectivity index (χ0v) is 34.3. The summed E-state index contributed by atoms with van der Waals surface area (Å²) >= 11 is 0. The fraction of sp³-hybridized carbons (Fsp3) is 0.478. The van der Waals surface area contributed by atoms with E-state index in [9.17, 15) is 10.2 Å². The Bertz CT molecular complexity index is 1750. The molecule has 4 aromatic rings. The number of hydrogen-bond donors (Lipinski definition) is 2. The highest BCUT2D eigenvalue weighted by Gasteiger charge is 2.17. The largest absolute Gasteiger partial charge is 0.504 e. The van der Waals surface area contributed by atoms with Gasteiger partial charge in [-0.05, 0) is 132 Å². The Morgan fingerprint density at radius 2 is 1.02 bits per heavy atom. The van der Waals surface area contributed by atoms with Gasteiger partial charge in [-0.1, -0.05) is 118 Å². The van der Waals surface area contributed by atoms with Crippen LogP contribution in [-0.2, 0) is 38.1 Å². The summed E-state index contributed by atoms with van der Waals surface area (Å²) in [6.07, 6.45) is 16.0. The molecule has 4 nitrogen and oxygen atoms in total. The molecule has 5 heteroatoms. The van der Waals surface area contributed by atoms with Crippen LogP contribution in [0.25, 0.3) is 10.8 Å². The molecule has 0 aliphatic heterocycles. The lowest BCUT2D eigenvalue weighted by Crippen LogP contribution is -2.24. The number of fused-ring (bicyclic) bond motifs is 1. The number of phenolic OH excluding ortho intramolecular Hbond substituents is 2. The van der Waals surface area contributed by atoms with Crippen molar-refractivity contribution in [1.29, 1.82) is 0 Å². The summed E-state index contributed by atoms with van der Waals surface area (Å²) in [5.74, 6) is -0.0943. The first-order valence-corrected chi connectivity index (χ1v) is 23.5. The van der Waals surface area contributed by atoms with Crippen molar-refractivity contribution < 1.29 is 10.2 Å². The monoisotopic (exact) mass is 706 g/mol. The summed E-state index contributed by atoms with van der Waals surface area (Å²) in [6, 6.07) is 22.0. The van der Waals surface area contributed by atoms with Crippen LogP contribution in [0.5, 0.6) is 11.5 Å². The van der Waals surface area contributed by atoms with E-state index in [0.717, 1.165) is 72.4 Å². The van der Waals surface area contributed by atoms with E-state index in [1.165, 1.54) is 71.9 Å². The zero-order valence-electron chi connectivity index (χ0n) is 33.3. The fourth-order valence-corrected chi connectivity index (χ4v) is 8.23. The third kappa shape index (κ3) is 13.4. The molecular formula is C46H66N2O2Si. The van der Waals surface area contributed by atoms with Crippen LogP contribution in [0.15, 0.2) is 70.6 Å². The van der Waals surface area contributed by atoms with E-state index in [-0.39, 0.29) is 11.5 Å². The number of phenols is 2. The standard InChI is InChI=1S/C30H44N2.C16H22O2Si/c1-6-11-12-13-14-15-16-30(32-29-20-18-25(8-3)27(10-5)22-29)23-31-28-19-17-24(7-2)26(9-4)21-28;1-5-11-6-12-8-15(17)16(18)9-13(12)7-14(11)10-19(2,3)4/h17-23H,6-16H2,1-5H3;6-9,17-18H,5,10H2,1-4H3. The molecule has 0 saturated carbocycles. The van der Waals surface area contributed by atoms with Gasteiger partial charge in [0.05, 0.1) is 17.1 Å². The number of aliphatic imine (C=N–C) groups is 2. The van der Waals surface area contributed by atoms with Crippen LogP contribution < -0.4 is 0 Å². The van der Waals surface area contributed by atoms with Crippen LogP contribution in [0, 0.1) is 0 Å². The van der Waals surface area contributed by atoms with Crippen LogP contribution in [0.4, 0.5) is 11.4 Å². The quantitative estimate of drug-likeness (QED) is 0.0497. The highest BCUT2D eigenvalue weighted by atomic mass is 28.3. The van der Waals surface area contributed by atoms with Crippen molar-refractivity contribution in [2.24, 2.45) is 9.98 Å². The Morgan fingerprint density at radius 3 is 1.55 bits per heavy atom. The van der Waals surface area contributed by atoms with Gasteiger partial charge in [-0.25, -0.2) is 0 Å². The predicted octanol–water partition coefficient (Wildman–Crippen LogP) is 13.4. The number of hydrogen-bond acceptors (Lipinski definition) is 4. The summed E-state index contributed by atoms with van der Waals surface area (Å²) in [5, 5.41) is 21.2. The van der Waals surface area contributed by atoms with Crippen LogP contribution in [0.1, 0.15) is 120 Å². The van der Waals surface area contributed by atoms with E-state index in [1.807, 2.05) is 6.21 Å². The average molecular weight is 707 g/mol. The molecule has 276 valence electrons. The highest BCUT2D eigenvalue weighted by Crippen LogP contribution is 2.33. The van der Waals surface area contributed by atoms with Gasteiger partial charge in [-0.3, -0.25) is 9.98 Å². The third-order valence-electron chi connectivity index (χ3n) is 9.68. The molecule has 0 atom stereocenters. The van der Waals surface area contributed by atoms with Crippen molar-refractivity contribution in [3.8, 4) is 11.5 Å². The van der Waals surface area contributed by atoms with E-state index in [1.54, 1.807) is 12.1 Å². The lowest BCUT2D eigenvalue weighted by Gasteiger charge is -2.19. The Hall–Kier alpha value is -3.70. The highest BCUT2D eigenvalue weighted by molar-refractivity contribution is 6.75. The molecule has 51 heavy (non-hydrogen) atoms. The second kappa shape index (κ2) is 21.0. The maximum absolute atomic E-state index is 9.63.